The molecule has 0 spiro atoms. The van der Waals surface area contributed by atoms with E-state index in [4.69, 9.17) is 21.1 Å². The number of nitrogens with zero attached hydrogens (tertiary/aromatic N) is 1. The van der Waals surface area contributed by atoms with Gasteiger partial charge in [0.1, 0.15) is 23.2 Å². The van der Waals surface area contributed by atoms with Crippen LogP contribution >= 0.6 is 11.6 Å². The summed E-state index contributed by atoms with van der Waals surface area (Å²) in [5, 5.41) is 11.5. The van der Waals surface area contributed by atoms with E-state index in [1.807, 2.05) is 37.3 Å². The Hall–Kier alpha value is -2.24. The van der Waals surface area contributed by atoms with Gasteiger partial charge in [-0.15, -0.1) is 0 Å². The Morgan fingerprint density at radius 1 is 1.26 bits per heavy atom. The van der Waals surface area contributed by atoms with E-state index >= 15 is 0 Å². The van der Waals surface area contributed by atoms with Crippen LogP contribution in [0.3, 0.4) is 0 Å². The van der Waals surface area contributed by atoms with Gasteiger partial charge in [-0.2, -0.15) is 0 Å². The molecule has 0 unspecified atom stereocenters. The molecule has 1 N–H and O–H groups in total. The summed E-state index contributed by atoms with van der Waals surface area (Å²) in [5.41, 5.74) is -0.246. The van der Waals surface area contributed by atoms with Crippen LogP contribution in [0, 0.1) is 6.92 Å². The zero-order valence-corrected chi connectivity index (χ0v) is 16.3. The largest absolute Gasteiger partial charge is 0.487 e. The molecule has 1 amide bonds. The van der Waals surface area contributed by atoms with E-state index in [0.717, 1.165) is 5.56 Å². The molecule has 0 radical (unpaired) electrons. The number of hydrogen-bond acceptors (Lipinski definition) is 4. The summed E-state index contributed by atoms with van der Waals surface area (Å²) in [5.74, 6) is 1.14. The third-order valence-electron chi connectivity index (χ3n) is 4.73. The first-order chi connectivity index (χ1) is 12.8. The van der Waals surface area contributed by atoms with Crippen LogP contribution in [0.4, 0.5) is 0 Å². The summed E-state index contributed by atoms with van der Waals surface area (Å²) in [7, 11) is 0. The van der Waals surface area contributed by atoms with Gasteiger partial charge in [0.15, 0.2) is 6.61 Å². The van der Waals surface area contributed by atoms with Crippen molar-refractivity contribution in [2.45, 2.75) is 32.0 Å². The van der Waals surface area contributed by atoms with Crippen LogP contribution in [0.1, 0.15) is 18.9 Å². The minimum atomic E-state index is -1.14. The van der Waals surface area contributed by atoms with Gasteiger partial charge in [0.2, 0.25) is 0 Å². The first-order valence-electron chi connectivity index (χ1n) is 8.96. The van der Waals surface area contributed by atoms with E-state index in [9.17, 15) is 9.90 Å². The molecule has 0 saturated carbocycles. The number of aryl methyl sites for hydroxylation is 1. The van der Waals surface area contributed by atoms with Gasteiger partial charge in [-0.1, -0.05) is 29.8 Å². The van der Waals surface area contributed by atoms with E-state index < -0.39 is 5.60 Å². The average molecular weight is 390 g/mol. The minimum Gasteiger partial charge on any atom is -0.487 e. The number of para-hydroxylation sites is 1. The normalized spacial score (nSPS) is 22.4. The van der Waals surface area contributed by atoms with Gasteiger partial charge in [0, 0.05) is 18.0 Å². The summed E-state index contributed by atoms with van der Waals surface area (Å²) in [6, 6.07) is 14.7. The summed E-state index contributed by atoms with van der Waals surface area (Å²) in [6.45, 7) is 4.21. The van der Waals surface area contributed by atoms with Gasteiger partial charge in [-0.05, 0) is 49.7 Å². The lowest BCUT2D eigenvalue weighted by Crippen LogP contribution is -2.59. The van der Waals surface area contributed by atoms with E-state index in [1.165, 1.54) is 0 Å². The fraction of sp³-hybridized carbons (Fsp3) is 0.381. The third kappa shape index (κ3) is 4.93. The Morgan fingerprint density at radius 2 is 2.00 bits per heavy atom. The molecule has 2 aromatic rings. The molecule has 3 rings (SSSR count). The number of carbonyl (C=O) groups excluding carboxylic acids is 1. The maximum absolute atomic E-state index is 12.5. The summed E-state index contributed by atoms with van der Waals surface area (Å²) < 4.78 is 11.5. The lowest BCUT2D eigenvalue weighted by molar-refractivity contribution is -0.147. The smallest absolute Gasteiger partial charge is 0.260 e. The average Bonchev–Trinajstić information content (AvgIpc) is 2.64. The maximum atomic E-state index is 12.5. The number of amides is 1. The first-order valence-corrected chi connectivity index (χ1v) is 9.34. The van der Waals surface area contributed by atoms with Crippen molar-refractivity contribution in [3.05, 3.63) is 59.1 Å². The summed E-state index contributed by atoms with van der Waals surface area (Å²) in [4.78, 5) is 14.1. The van der Waals surface area contributed by atoms with E-state index in [-0.39, 0.29) is 25.2 Å². The molecule has 0 aromatic heterocycles. The molecule has 0 aliphatic carbocycles. The molecular formula is C21H24ClNO4. The van der Waals surface area contributed by atoms with Crippen LogP contribution in [0.5, 0.6) is 11.5 Å². The monoisotopic (exact) mass is 389 g/mol. The molecule has 6 heteroatoms. The number of β-amino-alcohol motifs (C(OH)–C–C–N with tert-alkyl or cyclic N) is 1. The minimum absolute atomic E-state index is 0.0820. The van der Waals surface area contributed by atoms with Crippen LogP contribution in [0.15, 0.2) is 48.5 Å². The summed E-state index contributed by atoms with van der Waals surface area (Å²) in [6.07, 6.45) is 0.178. The van der Waals surface area contributed by atoms with Gasteiger partial charge >= 0.3 is 0 Å². The van der Waals surface area contributed by atoms with Gasteiger partial charge in [-0.3, -0.25) is 4.79 Å². The zero-order valence-electron chi connectivity index (χ0n) is 15.5. The molecule has 1 aliphatic heterocycles. The number of ether oxygens (including phenoxy) is 2. The summed E-state index contributed by atoms with van der Waals surface area (Å²) >= 11 is 6.00. The van der Waals surface area contributed by atoms with Crippen molar-refractivity contribution in [1.82, 2.24) is 4.90 Å². The molecule has 1 aliphatic rings. The Bertz CT molecular complexity index is 794. The second kappa shape index (κ2) is 8.19. The first kappa shape index (κ1) is 19.5. The Kier molecular flexibility index (Phi) is 5.92. The standard InChI is InChI=1S/C21H24ClNO4/c1-15-12-17(8-9-18(15)22)26-13-20(24)23-11-10-19(21(2,25)14-23)27-16-6-4-3-5-7-16/h3-9,12,19,25H,10-11,13-14H2,1-2H3/t19-,21-/m0/s1. The number of rotatable bonds is 5. The van der Waals surface area contributed by atoms with Crippen molar-refractivity contribution in [3.8, 4) is 11.5 Å². The predicted octanol–water partition coefficient (Wildman–Crippen LogP) is 3.46. The Labute approximate surface area is 164 Å². The highest BCUT2D eigenvalue weighted by Gasteiger charge is 2.41. The Morgan fingerprint density at radius 3 is 2.67 bits per heavy atom. The lowest BCUT2D eigenvalue weighted by Gasteiger charge is -2.42. The van der Waals surface area contributed by atoms with Crippen molar-refractivity contribution < 1.29 is 19.4 Å². The van der Waals surface area contributed by atoms with Gasteiger partial charge in [0.05, 0.1) is 6.54 Å². The van der Waals surface area contributed by atoms with Crippen molar-refractivity contribution in [2.24, 2.45) is 0 Å². The number of benzene rings is 2. The highest BCUT2D eigenvalue weighted by Crippen LogP contribution is 2.27. The molecule has 27 heavy (non-hydrogen) atoms. The van der Waals surface area contributed by atoms with E-state index in [1.54, 1.807) is 30.0 Å². The van der Waals surface area contributed by atoms with Gasteiger partial charge in [0.25, 0.3) is 5.91 Å². The van der Waals surface area contributed by atoms with Crippen molar-refractivity contribution in [1.29, 1.82) is 0 Å². The Balaban J connectivity index is 1.55. The number of halogens is 1. The fourth-order valence-corrected chi connectivity index (χ4v) is 3.27. The molecule has 2 aromatic carbocycles. The molecule has 1 fully saturated rings. The molecule has 0 bridgehead atoms. The highest BCUT2D eigenvalue weighted by molar-refractivity contribution is 6.31. The molecule has 5 nitrogen and oxygen atoms in total. The maximum Gasteiger partial charge on any atom is 0.260 e. The zero-order chi connectivity index (χ0) is 19.4. The SMILES string of the molecule is Cc1cc(OCC(=O)N2CC[C@H](Oc3ccccc3)[C@@](C)(O)C2)ccc1Cl. The highest BCUT2D eigenvalue weighted by atomic mass is 35.5. The van der Waals surface area contributed by atoms with Crippen LogP contribution in [0.2, 0.25) is 5.02 Å². The van der Waals surface area contributed by atoms with Crippen LogP contribution in [-0.4, -0.2) is 47.3 Å². The van der Waals surface area contributed by atoms with E-state index in [0.29, 0.717) is 29.5 Å². The van der Waals surface area contributed by atoms with Crippen molar-refractivity contribution >= 4 is 17.5 Å². The fourth-order valence-electron chi connectivity index (χ4n) is 3.16. The topological polar surface area (TPSA) is 59.0 Å². The number of aliphatic hydroxyl groups is 1. The van der Waals surface area contributed by atoms with Crippen LogP contribution in [0.25, 0.3) is 0 Å². The van der Waals surface area contributed by atoms with E-state index in [2.05, 4.69) is 0 Å². The quantitative estimate of drug-likeness (QED) is 0.850. The predicted molar refractivity (Wildman–Crippen MR) is 104 cm³/mol. The van der Waals surface area contributed by atoms with Gasteiger partial charge in [-0.25, -0.2) is 0 Å². The lowest BCUT2D eigenvalue weighted by atomic mass is 9.91. The number of likely N-dealkylation sites (tertiary alicyclic amines) is 1. The number of carbonyl (C=O) groups is 1. The second-order valence-corrected chi connectivity index (χ2v) is 7.49. The number of hydrogen-bond donors (Lipinski definition) is 1. The molecule has 1 saturated heterocycles. The molecule has 2 atom stereocenters. The van der Waals surface area contributed by atoms with Gasteiger partial charge < -0.3 is 19.5 Å². The van der Waals surface area contributed by atoms with Crippen molar-refractivity contribution in [3.63, 3.8) is 0 Å². The van der Waals surface area contributed by atoms with Crippen molar-refractivity contribution in [2.75, 3.05) is 19.7 Å². The van der Waals surface area contributed by atoms with Crippen LogP contribution < -0.4 is 9.47 Å². The number of piperidine rings is 1. The van der Waals surface area contributed by atoms with Crippen LogP contribution in [-0.2, 0) is 4.79 Å². The second-order valence-electron chi connectivity index (χ2n) is 7.08. The molecular weight excluding hydrogens is 366 g/mol. The third-order valence-corrected chi connectivity index (χ3v) is 5.16. The molecule has 144 valence electrons. The molecule has 1 heterocycles.